The number of aryl methyl sites for hydroxylation is 1. The number of carbonyl (C=O) groups is 1. The summed E-state index contributed by atoms with van der Waals surface area (Å²) in [5, 5.41) is 0. The van der Waals surface area contributed by atoms with Crippen molar-refractivity contribution >= 4 is 5.78 Å². The zero-order valence-corrected chi connectivity index (χ0v) is 15.0. The minimum atomic E-state index is -0.405. The monoisotopic (exact) mass is 353 g/mol. The Morgan fingerprint density at radius 3 is 2.92 bits per heavy atom. The fraction of sp³-hybridized carbons (Fsp3) is 0.450. The number of likely N-dealkylation sites (tertiary alicyclic amines) is 1. The number of carbonyl (C=O) groups excluding carboxylic acids is 1. The minimum Gasteiger partial charge on any atom is -0.486 e. The van der Waals surface area contributed by atoms with Crippen molar-refractivity contribution < 1.29 is 9.53 Å². The number of rotatable bonds is 2. The number of ether oxygens (including phenoxy) is 1. The highest BCUT2D eigenvalue weighted by atomic mass is 16.5. The second kappa shape index (κ2) is 6.68. The zero-order chi connectivity index (χ0) is 18.1. The molecule has 0 aliphatic carbocycles. The molecule has 2 aromatic rings. The number of para-hydroxylation sites is 1. The molecular formula is C20H23N3O3. The molecule has 3 heterocycles. The van der Waals surface area contributed by atoms with Crippen LogP contribution in [-0.4, -0.2) is 39.3 Å². The van der Waals surface area contributed by atoms with Gasteiger partial charge in [0, 0.05) is 25.6 Å². The fourth-order valence-corrected chi connectivity index (χ4v) is 4.06. The molecule has 2 aliphatic rings. The van der Waals surface area contributed by atoms with Gasteiger partial charge in [0.15, 0.2) is 5.78 Å². The molecule has 1 unspecified atom stereocenters. The summed E-state index contributed by atoms with van der Waals surface area (Å²) in [5.74, 6) is 1.52. The average Bonchev–Trinajstić information content (AvgIpc) is 2.76. The normalized spacial score (nSPS) is 23.3. The third-order valence-electron chi connectivity index (χ3n) is 5.29. The SMILES string of the molecule is Cc1nc(CN2CCCC3(CC2)CC(=O)c2ccccc2O3)cc(=O)[nH]1. The maximum Gasteiger partial charge on any atom is 0.251 e. The molecule has 1 saturated heterocycles. The number of H-pyrrole nitrogens is 1. The van der Waals surface area contributed by atoms with Gasteiger partial charge in [-0.2, -0.15) is 0 Å². The van der Waals surface area contributed by atoms with Crippen LogP contribution in [0.1, 0.15) is 47.6 Å². The van der Waals surface area contributed by atoms with E-state index >= 15 is 0 Å². The van der Waals surface area contributed by atoms with Gasteiger partial charge in [0.1, 0.15) is 17.2 Å². The third-order valence-corrected chi connectivity index (χ3v) is 5.29. The molecule has 1 spiro atoms. The smallest absolute Gasteiger partial charge is 0.251 e. The zero-order valence-electron chi connectivity index (χ0n) is 15.0. The standard InChI is InChI=1S/C20H23N3O3/c1-14-21-15(11-19(25)22-14)13-23-9-4-7-20(8-10-23)12-17(24)16-5-2-3-6-18(16)26-20/h2-3,5-6,11H,4,7-10,12-13H2,1H3,(H,21,22,25). The quantitative estimate of drug-likeness (QED) is 0.898. The molecule has 1 aromatic heterocycles. The van der Waals surface area contributed by atoms with E-state index in [4.69, 9.17) is 4.74 Å². The molecular weight excluding hydrogens is 330 g/mol. The first-order valence-corrected chi connectivity index (χ1v) is 9.13. The van der Waals surface area contributed by atoms with E-state index in [-0.39, 0.29) is 11.3 Å². The summed E-state index contributed by atoms with van der Waals surface area (Å²) in [5.41, 5.74) is 0.963. The number of fused-ring (bicyclic) bond motifs is 1. The molecule has 0 saturated carbocycles. The van der Waals surface area contributed by atoms with E-state index in [9.17, 15) is 9.59 Å². The number of ketones is 1. The molecule has 1 N–H and O–H groups in total. The highest BCUT2D eigenvalue weighted by molar-refractivity contribution is 6.00. The van der Waals surface area contributed by atoms with Crippen molar-refractivity contribution in [3.63, 3.8) is 0 Å². The first-order chi connectivity index (χ1) is 12.5. The molecule has 0 bridgehead atoms. The van der Waals surface area contributed by atoms with Crippen LogP contribution in [0.5, 0.6) is 5.75 Å². The Morgan fingerprint density at radius 1 is 1.23 bits per heavy atom. The second-order valence-corrected chi connectivity index (χ2v) is 7.33. The van der Waals surface area contributed by atoms with E-state index in [0.29, 0.717) is 30.1 Å². The number of benzene rings is 1. The lowest BCUT2D eigenvalue weighted by Gasteiger charge is -2.37. The molecule has 1 fully saturated rings. The summed E-state index contributed by atoms with van der Waals surface area (Å²) in [6, 6.07) is 9.08. The van der Waals surface area contributed by atoms with Crippen LogP contribution in [0.3, 0.4) is 0 Å². The van der Waals surface area contributed by atoms with Crippen LogP contribution >= 0.6 is 0 Å². The van der Waals surface area contributed by atoms with E-state index in [1.165, 1.54) is 0 Å². The first-order valence-electron chi connectivity index (χ1n) is 9.13. The average molecular weight is 353 g/mol. The van der Waals surface area contributed by atoms with E-state index in [2.05, 4.69) is 14.9 Å². The Hall–Kier alpha value is -2.47. The Balaban J connectivity index is 1.48. The van der Waals surface area contributed by atoms with Gasteiger partial charge in [-0.15, -0.1) is 0 Å². The van der Waals surface area contributed by atoms with Crippen LogP contribution in [0.25, 0.3) is 0 Å². The van der Waals surface area contributed by atoms with Crippen molar-refractivity contribution in [1.82, 2.24) is 14.9 Å². The van der Waals surface area contributed by atoms with Crippen molar-refractivity contribution in [3.8, 4) is 5.75 Å². The van der Waals surface area contributed by atoms with Crippen molar-refractivity contribution in [2.45, 2.75) is 44.8 Å². The van der Waals surface area contributed by atoms with Crippen LogP contribution in [0.15, 0.2) is 35.1 Å². The first kappa shape index (κ1) is 17.0. The summed E-state index contributed by atoms with van der Waals surface area (Å²) in [6.07, 6.45) is 3.07. The minimum absolute atomic E-state index is 0.114. The van der Waals surface area contributed by atoms with Crippen molar-refractivity contribution in [3.05, 3.63) is 57.8 Å². The molecule has 6 nitrogen and oxygen atoms in total. The number of aromatic amines is 1. The van der Waals surface area contributed by atoms with Crippen LogP contribution in [-0.2, 0) is 6.54 Å². The molecule has 1 atom stereocenters. The summed E-state index contributed by atoms with van der Waals surface area (Å²) >= 11 is 0. The summed E-state index contributed by atoms with van der Waals surface area (Å²) in [7, 11) is 0. The van der Waals surface area contributed by atoms with E-state index in [1.54, 1.807) is 13.0 Å². The molecule has 0 radical (unpaired) electrons. The Bertz CT molecular complexity index is 892. The summed E-state index contributed by atoms with van der Waals surface area (Å²) < 4.78 is 6.33. The van der Waals surface area contributed by atoms with Crippen LogP contribution in [0, 0.1) is 6.92 Å². The molecule has 26 heavy (non-hydrogen) atoms. The lowest BCUT2D eigenvalue weighted by Crippen LogP contribution is -2.42. The van der Waals surface area contributed by atoms with Gasteiger partial charge < -0.3 is 9.72 Å². The topological polar surface area (TPSA) is 75.3 Å². The number of hydrogen-bond acceptors (Lipinski definition) is 5. The molecule has 136 valence electrons. The Morgan fingerprint density at radius 2 is 2.08 bits per heavy atom. The Kier molecular flexibility index (Phi) is 4.36. The molecule has 2 aliphatic heterocycles. The van der Waals surface area contributed by atoms with Crippen molar-refractivity contribution in [2.24, 2.45) is 0 Å². The molecule has 0 amide bonds. The van der Waals surface area contributed by atoms with E-state index in [0.717, 1.165) is 38.0 Å². The molecule has 6 heteroatoms. The highest BCUT2D eigenvalue weighted by Crippen LogP contribution is 2.39. The van der Waals surface area contributed by atoms with Gasteiger partial charge in [0.2, 0.25) is 0 Å². The van der Waals surface area contributed by atoms with Gasteiger partial charge in [-0.25, -0.2) is 4.98 Å². The van der Waals surface area contributed by atoms with Crippen molar-refractivity contribution in [1.29, 1.82) is 0 Å². The lowest BCUT2D eigenvalue weighted by atomic mass is 9.84. The van der Waals surface area contributed by atoms with Crippen molar-refractivity contribution in [2.75, 3.05) is 13.1 Å². The number of hydrogen-bond donors (Lipinski definition) is 1. The number of Topliss-reactive ketones (excluding diaryl/α,β-unsaturated/α-hetero) is 1. The second-order valence-electron chi connectivity index (χ2n) is 7.33. The van der Waals surface area contributed by atoms with Gasteiger partial charge in [-0.3, -0.25) is 14.5 Å². The van der Waals surface area contributed by atoms with Gasteiger partial charge in [0.05, 0.1) is 17.7 Å². The molecule has 4 rings (SSSR count). The van der Waals surface area contributed by atoms with Crippen LogP contribution in [0.4, 0.5) is 0 Å². The third kappa shape index (κ3) is 3.42. The predicted octanol–water partition coefficient (Wildman–Crippen LogP) is 2.47. The van der Waals surface area contributed by atoms with Crippen LogP contribution < -0.4 is 10.3 Å². The summed E-state index contributed by atoms with van der Waals surface area (Å²) in [4.78, 5) is 33.6. The van der Waals surface area contributed by atoms with Gasteiger partial charge in [0.25, 0.3) is 5.56 Å². The predicted molar refractivity (Wildman–Crippen MR) is 97.5 cm³/mol. The summed E-state index contributed by atoms with van der Waals surface area (Å²) in [6.45, 7) is 4.17. The van der Waals surface area contributed by atoms with E-state index in [1.807, 2.05) is 24.3 Å². The number of aromatic nitrogens is 2. The fourth-order valence-electron chi connectivity index (χ4n) is 4.06. The largest absolute Gasteiger partial charge is 0.486 e. The molecule has 1 aromatic carbocycles. The number of nitrogens with zero attached hydrogens (tertiary/aromatic N) is 2. The lowest BCUT2D eigenvalue weighted by molar-refractivity contribution is 0.0298. The van der Waals surface area contributed by atoms with Gasteiger partial charge in [-0.1, -0.05) is 12.1 Å². The maximum absolute atomic E-state index is 12.6. The van der Waals surface area contributed by atoms with Crippen LogP contribution in [0.2, 0.25) is 0 Å². The highest BCUT2D eigenvalue weighted by Gasteiger charge is 2.41. The van der Waals surface area contributed by atoms with Gasteiger partial charge in [-0.05, 0) is 38.4 Å². The maximum atomic E-state index is 12.6. The van der Waals surface area contributed by atoms with E-state index < -0.39 is 5.60 Å². The number of nitrogens with one attached hydrogen (secondary N) is 1. The Labute approximate surface area is 152 Å². The van der Waals surface area contributed by atoms with Gasteiger partial charge >= 0.3 is 0 Å².